The summed E-state index contributed by atoms with van der Waals surface area (Å²) in [6.45, 7) is 1.80. The van der Waals surface area contributed by atoms with Crippen molar-refractivity contribution in [1.29, 1.82) is 0 Å². The molecule has 0 fully saturated rings. The maximum Gasteiger partial charge on any atom is 0.251 e. The van der Waals surface area contributed by atoms with Gasteiger partial charge in [-0.05, 0) is 42.8 Å². The molecule has 3 heteroatoms. The molecule has 0 aliphatic carbocycles. The summed E-state index contributed by atoms with van der Waals surface area (Å²) in [5.41, 5.74) is 2.42. The fourth-order valence-corrected chi connectivity index (χ4v) is 1.77. The molecule has 0 aliphatic heterocycles. The van der Waals surface area contributed by atoms with Crippen LogP contribution in [0.25, 0.3) is 6.08 Å². The maximum absolute atomic E-state index is 12.1. The van der Waals surface area contributed by atoms with Crippen LogP contribution in [0.4, 0.5) is 5.69 Å². The van der Waals surface area contributed by atoms with Gasteiger partial charge in [0.1, 0.15) is 5.75 Å². The molecule has 0 bridgehead atoms. The second-order valence-corrected chi connectivity index (χ2v) is 4.42. The van der Waals surface area contributed by atoms with Gasteiger partial charge in [-0.1, -0.05) is 30.3 Å². The molecule has 0 aromatic heterocycles. The molecule has 0 spiro atoms. The van der Waals surface area contributed by atoms with Gasteiger partial charge in [0, 0.05) is 11.3 Å². The summed E-state index contributed by atoms with van der Waals surface area (Å²) in [6.07, 6.45) is 1.86. The molecule has 1 amide bonds. The van der Waals surface area contributed by atoms with Crippen molar-refractivity contribution in [3.63, 3.8) is 0 Å². The molecule has 0 heterocycles. The van der Waals surface area contributed by atoms with Crippen LogP contribution < -0.4 is 10.1 Å². The van der Waals surface area contributed by atoms with Gasteiger partial charge in [0.25, 0.3) is 5.91 Å². The molecule has 0 atom stereocenters. The molecule has 20 heavy (non-hydrogen) atoms. The van der Waals surface area contributed by atoms with Crippen molar-refractivity contribution in [2.45, 2.75) is 6.92 Å². The van der Waals surface area contributed by atoms with E-state index in [1.165, 1.54) is 0 Å². The molecule has 2 aromatic rings. The summed E-state index contributed by atoms with van der Waals surface area (Å²) < 4.78 is 5.08. The number of carbonyl (C=O) groups is 1. The van der Waals surface area contributed by atoms with Gasteiger partial charge in [0.05, 0.1) is 7.11 Å². The Kier molecular flexibility index (Phi) is 4.56. The number of hydrogen-bond acceptors (Lipinski definition) is 2. The lowest BCUT2D eigenvalue weighted by Gasteiger charge is -2.06. The van der Waals surface area contributed by atoms with Crippen LogP contribution in [-0.2, 0) is 4.79 Å². The van der Waals surface area contributed by atoms with Crippen LogP contribution in [0.15, 0.2) is 60.2 Å². The summed E-state index contributed by atoms with van der Waals surface area (Å²) in [5.74, 6) is 0.651. The number of amides is 1. The fraction of sp³-hybridized carbons (Fsp3) is 0.118. The van der Waals surface area contributed by atoms with E-state index in [1.54, 1.807) is 14.0 Å². The van der Waals surface area contributed by atoms with Crippen molar-refractivity contribution < 1.29 is 9.53 Å². The Bertz CT molecular complexity index is 601. The predicted molar refractivity (Wildman–Crippen MR) is 81.7 cm³/mol. The molecule has 102 valence electrons. The zero-order valence-corrected chi connectivity index (χ0v) is 11.6. The van der Waals surface area contributed by atoms with Crippen LogP contribution in [0.2, 0.25) is 0 Å². The zero-order chi connectivity index (χ0) is 14.4. The Labute approximate surface area is 118 Å². The van der Waals surface area contributed by atoms with Gasteiger partial charge in [-0.2, -0.15) is 0 Å². The van der Waals surface area contributed by atoms with Gasteiger partial charge in [-0.25, -0.2) is 0 Å². The van der Waals surface area contributed by atoms with E-state index >= 15 is 0 Å². The third-order valence-corrected chi connectivity index (χ3v) is 2.89. The number of methoxy groups -OCH3 is 1. The first-order chi connectivity index (χ1) is 9.69. The van der Waals surface area contributed by atoms with Crippen molar-refractivity contribution in [2.24, 2.45) is 0 Å². The SMILES string of the molecule is COc1ccc(NC(=O)/C(C)=C/c2ccccc2)cc1. The molecule has 2 aromatic carbocycles. The minimum absolute atomic E-state index is 0.112. The number of hydrogen-bond donors (Lipinski definition) is 1. The van der Waals surface area contributed by atoms with Gasteiger partial charge in [-0.3, -0.25) is 4.79 Å². The zero-order valence-electron chi connectivity index (χ0n) is 11.6. The van der Waals surface area contributed by atoms with Crippen molar-refractivity contribution >= 4 is 17.7 Å². The van der Waals surface area contributed by atoms with E-state index in [-0.39, 0.29) is 5.91 Å². The number of rotatable bonds is 4. The third-order valence-electron chi connectivity index (χ3n) is 2.89. The summed E-state index contributed by atoms with van der Waals surface area (Å²) in [4.78, 5) is 12.1. The quantitative estimate of drug-likeness (QED) is 0.857. The molecular weight excluding hydrogens is 250 g/mol. The van der Waals surface area contributed by atoms with E-state index in [0.29, 0.717) is 5.57 Å². The van der Waals surface area contributed by atoms with E-state index in [1.807, 2.05) is 60.7 Å². The van der Waals surface area contributed by atoms with Crippen molar-refractivity contribution in [3.8, 4) is 5.75 Å². The molecule has 0 unspecified atom stereocenters. The summed E-state index contributed by atoms with van der Waals surface area (Å²) >= 11 is 0. The lowest BCUT2D eigenvalue weighted by atomic mass is 10.1. The second kappa shape index (κ2) is 6.57. The van der Waals surface area contributed by atoms with Crippen LogP contribution in [0.5, 0.6) is 5.75 Å². The van der Waals surface area contributed by atoms with Crippen LogP contribution in [0.1, 0.15) is 12.5 Å². The van der Waals surface area contributed by atoms with Crippen LogP contribution >= 0.6 is 0 Å². The van der Waals surface area contributed by atoms with Gasteiger partial charge in [0.15, 0.2) is 0 Å². The standard InChI is InChI=1S/C17H17NO2/c1-13(12-14-6-4-3-5-7-14)17(19)18-15-8-10-16(20-2)11-9-15/h3-12H,1-2H3,(H,18,19)/b13-12+. The highest BCUT2D eigenvalue weighted by Gasteiger charge is 2.05. The smallest absolute Gasteiger partial charge is 0.251 e. The summed E-state index contributed by atoms with van der Waals surface area (Å²) in [5, 5.41) is 2.85. The number of benzene rings is 2. The number of ether oxygens (including phenoxy) is 1. The molecule has 0 radical (unpaired) electrons. The Morgan fingerprint density at radius 2 is 1.70 bits per heavy atom. The van der Waals surface area contributed by atoms with E-state index < -0.39 is 0 Å². The largest absolute Gasteiger partial charge is 0.497 e. The average Bonchev–Trinajstić information content (AvgIpc) is 2.49. The molecule has 0 saturated carbocycles. The first-order valence-electron chi connectivity index (χ1n) is 6.38. The van der Waals surface area contributed by atoms with Gasteiger partial charge >= 0.3 is 0 Å². The van der Waals surface area contributed by atoms with Gasteiger partial charge in [-0.15, -0.1) is 0 Å². The minimum atomic E-state index is -0.112. The van der Waals surface area contributed by atoms with E-state index in [9.17, 15) is 4.79 Å². The first kappa shape index (κ1) is 13.9. The lowest BCUT2D eigenvalue weighted by molar-refractivity contribution is -0.112. The topological polar surface area (TPSA) is 38.3 Å². The maximum atomic E-state index is 12.1. The van der Waals surface area contributed by atoms with Gasteiger partial charge in [0.2, 0.25) is 0 Å². The molecule has 1 N–H and O–H groups in total. The highest BCUT2D eigenvalue weighted by Crippen LogP contribution is 2.16. The molecule has 2 rings (SSSR count). The van der Waals surface area contributed by atoms with E-state index in [4.69, 9.17) is 4.74 Å². The predicted octanol–water partition coefficient (Wildman–Crippen LogP) is 3.74. The Balaban J connectivity index is 2.05. The average molecular weight is 267 g/mol. The molecule has 0 aliphatic rings. The minimum Gasteiger partial charge on any atom is -0.497 e. The molecule has 0 saturated heterocycles. The highest BCUT2D eigenvalue weighted by molar-refractivity contribution is 6.06. The Morgan fingerprint density at radius 3 is 2.30 bits per heavy atom. The van der Waals surface area contributed by atoms with Crippen molar-refractivity contribution in [1.82, 2.24) is 0 Å². The van der Waals surface area contributed by atoms with Crippen LogP contribution in [0, 0.1) is 0 Å². The molecular formula is C17H17NO2. The number of nitrogens with one attached hydrogen (secondary N) is 1. The monoisotopic (exact) mass is 267 g/mol. The number of carbonyl (C=O) groups excluding carboxylic acids is 1. The first-order valence-corrected chi connectivity index (χ1v) is 6.38. The Hall–Kier alpha value is -2.55. The van der Waals surface area contributed by atoms with Crippen molar-refractivity contribution in [3.05, 3.63) is 65.7 Å². The van der Waals surface area contributed by atoms with E-state index in [0.717, 1.165) is 17.0 Å². The van der Waals surface area contributed by atoms with Gasteiger partial charge < -0.3 is 10.1 Å². The third kappa shape index (κ3) is 3.72. The van der Waals surface area contributed by atoms with Crippen LogP contribution in [0.3, 0.4) is 0 Å². The highest BCUT2D eigenvalue weighted by atomic mass is 16.5. The van der Waals surface area contributed by atoms with Crippen molar-refractivity contribution in [2.75, 3.05) is 12.4 Å². The summed E-state index contributed by atoms with van der Waals surface area (Å²) in [6, 6.07) is 17.0. The van der Waals surface area contributed by atoms with E-state index in [2.05, 4.69) is 5.32 Å². The normalized spacial score (nSPS) is 11.0. The Morgan fingerprint density at radius 1 is 1.05 bits per heavy atom. The molecule has 3 nitrogen and oxygen atoms in total. The van der Waals surface area contributed by atoms with Crippen LogP contribution in [-0.4, -0.2) is 13.0 Å². The number of anilines is 1. The summed E-state index contributed by atoms with van der Waals surface area (Å²) in [7, 11) is 1.61. The lowest BCUT2D eigenvalue weighted by Crippen LogP contribution is -2.12. The second-order valence-electron chi connectivity index (χ2n) is 4.42. The fourth-order valence-electron chi connectivity index (χ4n) is 1.77.